The number of benzene rings is 1. The van der Waals surface area contributed by atoms with Crippen LogP contribution in [0.2, 0.25) is 0 Å². The summed E-state index contributed by atoms with van der Waals surface area (Å²) < 4.78 is 16.6. The standard InChI is InChI=1S/C21H31N3O3/c1-22-20(23-12-16-7-10-25-13-16)24-14-21(8-3-2-4-9-21)17-5-6-18-19(11-17)27-15-26-18/h5-6,11,16H,2-4,7-10,12-15H2,1H3,(H2,22,23,24). The van der Waals surface area contributed by atoms with Crippen molar-refractivity contribution in [3.05, 3.63) is 23.8 Å². The highest BCUT2D eigenvalue weighted by molar-refractivity contribution is 5.79. The zero-order chi connectivity index (χ0) is 18.5. The number of hydrogen-bond acceptors (Lipinski definition) is 4. The Bertz CT molecular complexity index is 665. The van der Waals surface area contributed by atoms with Gasteiger partial charge < -0.3 is 24.8 Å². The van der Waals surface area contributed by atoms with E-state index in [0.717, 1.165) is 50.2 Å². The fourth-order valence-electron chi connectivity index (χ4n) is 4.48. The average Bonchev–Trinajstić information content (AvgIpc) is 3.40. The van der Waals surface area contributed by atoms with Gasteiger partial charge in [-0.15, -0.1) is 0 Å². The van der Waals surface area contributed by atoms with Crippen molar-refractivity contribution in [2.45, 2.75) is 43.9 Å². The summed E-state index contributed by atoms with van der Waals surface area (Å²) in [5.41, 5.74) is 1.46. The van der Waals surface area contributed by atoms with Gasteiger partial charge >= 0.3 is 0 Å². The van der Waals surface area contributed by atoms with Crippen molar-refractivity contribution in [3.8, 4) is 11.5 Å². The van der Waals surface area contributed by atoms with E-state index >= 15 is 0 Å². The summed E-state index contributed by atoms with van der Waals surface area (Å²) in [6, 6.07) is 6.45. The lowest BCUT2D eigenvalue weighted by Gasteiger charge is -2.38. The van der Waals surface area contributed by atoms with E-state index in [1.165, 1.54) is 37.7 Å². The van der Waals surface area contributed by atoms with E-state index in [2.05, 4.69) is 33.8 Å². The zero-order valence-corrected chi connectivity index (χ0v) is 16.3. The molecular formula is C21H31N3O3. The Labute approximate surface area is 161 Å². The molecule has 1 aromatic rings. The molecule has 2 heterocycles. The molecule has 1 saturated heterocycles. The summed E-state index contributed by atoms with van der Waals surface area (Å²) in [4.78, 5) is 4.42. The van der Waals surface area contributed by atoms with Gasteiger partial charge in [0.25, 0.3) is 0 Å². The van der Waals surface area contributed by atoms with E-state index in [0.29, 0.717) is 12.7 Å². The first-order valence-corrected chi connectivity index (χ1v) is 10.2. The molecular weight excluding hydrogens is 342 g/mol. The highest BCUT2D eigenvalue weighted by atomic mass is 16.7. The van der Waals surface area contributed by atoms with Crippen molar-refractivity contribution >= 4 is 5.96 Å². The Kier molecular flexibility index (Phi) is 5.72. The van der Waals surface area contributed by atoms with Crippen LogP contribution in [0.4, 0.5) is 0 Å². The summed E-state index contributed by atoms with van der Waals surface area (Å²) in [5, 5.41) is 7.07. The summed E-state index contributed by atoms with van der Waals surface area (Å²) in [6.07, 6.45) is 7.36. The Hall–Kier alpha value is -1.95. The lowest BCUT2D eigenvalue weighted by atomic mass is 9.69. The Morgan fingerprint density at radius 1 is 1.15 bits per heavy atom. The van der Waals surface area contributed by atoms with Gasteiger partial charge in [-0.05, 0) is 37.0 Å². The fourth-order valence-corrected chi connectivity index (χ4v) is 4.48. The van der Waals surface area contributed by atoms with Crippen LogP contribution in [0.1, 0.15) is 44.1 Å². The number of hydrogen-bond donors (Lipinski definition) is 2. The number of aliphatic imine (C=N–C) groups is 1. The van der Waals surface area contributed by atoms with Crippen LogP contribution in [0.25, 0.3) is 0 Å². The smallest absolute Gasteiger partial charge is 0.231 e. The van der Waals surface area contributed by atoms with Crippen LogP contribution in [0.15, 0.2) is 23.2 Å². The molecule has 0 radical (unpaired) electrons. The second kappa shape index (κ2) is 8.38. The van der Waals surface area contributed by atoms with E-state index in [-0.39, 0.29) is 5.41 Å². The summed E-state index contributed by atoms with van der Waals surface area (Å²) in [6.45, 7) is 3.85. The van der Waals surface area contributed by atoms with Gasteiger partial charge in [0, 0.05) is 38.1 Å². The van der Waals surface area contributed by atoms with Crippen LogP contribution in [0, 0.1) is 5.92 Å². The first kappa shape index (κ1) is 18.4. The van der Waals surface area contributed by atoms with Crippen molar-refractivity contribution in [1.29, 1.82) is 0 Å². The number of rotatable bonds is 5. The lowest BCUT2D eigenvalue weighted by molar-refractivity contribution is 0.174. The first-order valence-electron chi connectivity index (χ1n) is 10.2. The predicted molar refractivity (Wildman–Crippen MR) is 106 cm³/mol. The topological polar surface area (TPSA) is 64.1 Å². The molecule has 2 fully saturated rings. The number of guanidine groups is 1. The molecule has 6 nitrogen and oxygen atoms in total. The summed E-state index contributed by atoms with van der Waals surface area (Å²) in [7, 11) is 1.84. The maximum absolute atomic E-state index is 5.63. The minimum absolute atomic E-state index is 0.118. The second-order valence-corrected chi connectivity index (χ2v) is 7.95. The molecule has 1 unspecified atom stereocenters. The molecule has 4 rings (SSSR count). The molecule has 148 valence electrons. The molecule has 1 saturated carbocycles. The third-order valence-corrected chi connectivity index (χ3v) is 6.20. The number of nitrogens with one attached hydrogen (secondary N) is 2. The second-order valence-electron chi connectivity index (χ2n) is 7.95. The average molecular weight is 373 g/mol. The Balaban J connectivity index is 1.43. The van der Waals surface area contributed by atoms with Gasteiger partial charge in [0.1, 0.15) is 0 Å². The number of fused-ring (bicyclic) bond motifs is 1. The molecule has 0 bridgehead atoms. The third-order valence-electron chi connectivity index (χ3n) is 6.20. The SMILES string of the molecule is CN=C(NCC1CCOC1)NCC1(c2ccc3c(c2)OCO3)CCCCC1. The molecule has 0 spiro atoms. The van der Waals surface area contributed by atoms with Crippen molar-refractivity contribution in [2.75, 3.05) is 40.1 Å². The molecule has 6 heteroatoms. The van der Waals surface area contributed by atoms with Gasteiger partial charge in [0.15, 0.2) is 17.5 Å². The summed E-state index contributed by atoms with van der Waals surface area (Å²) in [5.74, 6) is 3.20. The number of nitrogens with zero attached hydrogens (tertiary/aromatic N) is 1. The van der Waals surface area contributed by atoms with E-state index < -0.39 is 0 Å². The molecule has 2 N–H and O–H groups in total. The predicted octanol–water partition coefficient (Wildman–Crippen LogP) is 2.82. The van der Waals surface area contributed by atoms with E-state index in [1.54, 1.807) is 0 Å². The molecule has 1 atom stereocenters. The molecule has 1 aliphatic carbocycles. The van der Waals surface area contributed by atoms with Crippen LogP contribution in [-0.2, 0) is 10.2 Å². The van der Waals surface area contributed by atoms with E-state index in [1.807, 2.05) is 7.05 Å². The van der Waals surface area contributed by atoms with Crippen LogP contribution in [-0.4, -0.2) is 46.1 Å². The summed E-state index contributed by atoms with van der Waals surface area (Å²) >= 11 is 0. The molecule has 0 amide bonds. The highest BCUT2D eigenvalue weighted by Gasteiger charge is 2.35. The first-order chi connectivity index (χ1) is 13.3. The van der Waals surface area contributed by atoms with Gasteiger partial charge in [-0.1, -0.05) is 25.3 Å². The zero-order valence-electron chi connectivity index (χ0n) is 16.3. The van der Waals surface area contributed by atoms with Crippen molar-refractivity contribution in [3.63, 3.8) is 0 Å². The van der Waals surface area contributed by atoms with E-state index in [9.17, 15) is 0 Å². The quantitative estimate of drug-likeness (QED) is 0.614. The van der Waals surface area contributed by atoms with Crippen LogP contribution < -0.4 is 20.1 Å². The van der Waals surface area contributed by atoms with Gasteiger partial charge in [0.05, 0.1) is 6.61 Å². The largest absolute Gasteiger partial charge is 0.454 e. The van der Waals surface area contributed by atoms with Crippen molar-refractivity contribution in [2.24, 2.45) is 10.9 Å². The van der Waals surface area contributed by atoms with Crippen LogP contribution in [0.5, 0.6) is 11.5 Å². The van der Waals surface area contributed by atoms with Gasteiger partial charge in [-0.2, -0.15) is 0 Å². The molecule has 0 aromatic heterocycles. The van der Waals surface area contributed by atoms with Crippen LogP contribution in [0.3, 0.4) is 0 Å². The monoisotopic (exact) mass is 373 g/mol. The number of ether oxygens (including phenoxy) is 3. The van der Waals surface area contributed by atoms with Gasteiger partial charge in [-0.3, -0.25) is 4.99 Å². The van der Waals surface area contributed by atoms with E-state index in [4.69, 9.17) is 14.2 Å². The lowest BCUT2D eigenvalue weighted by Crippen LogP contribution is -2.47. The third kappa shape index (κ3) is 4.15. The highest BCUT2D eigenvalue weighted by Crippen LogP contribution is 2.43. The minimum Gasteiger partial charge on any atom is -0.454 e. The van der Waals surface area contributed by atoms with Crippen molar-refractivity contribution in [1.82, 2.24) is 10.6 Å². The fraction of sp³-hybridized carbons (Fsp3) is 0.667. The van der Waals surface area contributed by atoms with Crippen molar-refractivity contribution < 1.29 is 14.2 Å². The maximum atomic E-state index is 5.63. The van der Waals surface area contributed by atoms with Gasteiger partial charge in [0.2, 0.25) is 6.79 Å². The minimum atomic E-state index is 0.118. The molecule has 2 aliphatic heterocycles. The Morgan fingerprint density at radius 2 is 2.00 bits per heavy atom. The Morgan fingerprint density at radius 3 is 2.78 bits per heavy atom. The van der Waals surface area contributed by atoms with Crippen LogP contribution >= 0.6 is 0 Å². The normalized spacial score (nSPS) is 24.0. The molecule has 27 heavy (non-hydrogen) atoms. The maximum Gasteiger partial charge on any atom is 0.231 e. The van der Waals surface area contributed by atoms with Gasteiger partial charge in [-0.25, -0.2) is 0 Å². The molecule has 1 aromatic carbocycles. The molecule has 3 aliphatic rings.